The van der Waals surface area contributed by atoms with Crippen LogP contribution >= 0.6 is 11.6 Å². The van der Waals surface area contributed by atoms with Gasteiger partial charge in [0.25, 0.3) is 21.5 Å². The van der Waals surface area contributed by atoms with Crippen molar-refractivity contribution in [2.75, 3.05) is 11.4 Å². The van der Waals surface area contributed by atoms with Crippen LogP contribution in [0.2, 0.25) is 5.02 Å². The van der Waals surface area contributed by atoms with E-state index in [1.807, 2.05) is 37.3 Å². The highest BCUT2D eigenvalue weighted by Gasteiger charge is 2.37. The van der Waals surface area contributed by atoms with Crippen molar-refractivity contribution in [2.45, 2.75) is 38.2 Å². The first-order valence-corrected chi connectivity index (χ1v) is 14.8. The van der Waals surface area contributed by atoms with Gasteiger partial charge in [-0.05, 0) is 98.1 Å². The molecule has 2 heterocycles. The first-order chi connectivity index (χ1) is 20.3. The summed E-state index contributed by atoms with van der Waals surface area (Å²) in [6.45, 7) is 6.70. The van der Waals surface area contributed by atoms with Crippen molar-refractivity contribution in [3.8, 4) is 22.6 Å². The Morgan fingerprint density at radius 3 is 2.37 bits per heavy atom. The molecule has 5 rings (SSSR count). The molecule has 13 heteroatoms. The second-order valence-corrected chi connectivity index (χ2v) is 12.8. The van der Waals surface area contributed by atoms with Crippen LogP contribution in [-0.4, -0.2) is 41.9 Å². The van der Waals surface area contributed by atoms with Gasteiger partial charge in [-0.25, -0.2) is 13.2 Å². The van der Waals surface area contributed by atoms with Gasteiger partial charge < -0.3 is 14.0 Å². The Kier molecular flexibility index (Phi) is 7.76. The zero-order valence-electron chi connectivity index (χ0n) is 23.9. The fourth-order valence-electron chi connectivity index (χ4n) is 4.45. The molecule has 0 atom stereocenters. The van der Waals surface area contributed by atoms with Crippen LogP contribution in [0.1, 0.15) is 26.3 Å². The molecule has 0 aliphatic rings. The number of aromatic nitrogens is 3. The SMILES string of the molecule is COc1cc(-c2ccc(Cl)c(C)c2)ccc1-n1c(=O)ccc2cc(S(=O)(=O)N(C(=O)OC(C)(C)C)c3ncon3)ccc21. The first kappa shape index (κ1) is 29.8. The monoisotopic (exact) mass is 622 g/mol. The zero-order valence-corrected chi connectivity index (χ0v) is 25.4. The number of amides is 1. The number of sulfonamides is 1. The fraction of sp³-hybridized carbons (Fsp3) is 0.200. The Bertz CT molecular complexity index is 2020. The van der Waals surface area contributed by atoms with Crippen molar-refractivity contribution < 1.29 is 27.2 Å². The lowest BCUT2D eigenvalue weighted by Gasteiger charge is -2.24. The number of pyridine rings is 1. The summed E-state index contributed by atoms with van der Waals surface area (Å²) in [5.74, 6) is -0.0929. The minimum atomic E-state index is -4.58. The summed E-state index contributed by atoms with van der Waals surface area (Å²) in [7, 11) is -3.08. The number of methoxy groups -OCH3 is 1. The van der Waals surface area contributed by atoms with Gasteiger partial charge >= 0.3 is 6.09 Å². The number of anilines is 1. The molecule has 0 unspecified atom stereocenters. The molecule has 11 nitrogen and oxygen atoms in total. The summed E-state index contributed by atoms with van der Waals surface area (Å²) in [5, 5.41) is 4.59. The topological polar surface area (TPSA) is 134 Å². The number of aryl methyl sites for hydroxylation is 1. The standard InChI is InChI=1S/C30H27ClN4O7S/c1-18-14-19(6-10-23(18)31)20-7-11-25(26(16-20)40-5)34-24-12-9-22(15-21(24)8-13-27(34)36)43(38,39)35(28-32-17-41-33-28)29(37)42-30(2,3)4/h6-17H,1-5H3. The highest BCUT2D eigenvalue weighted by atomic mass is 35.5. The third-order valence-corrected chi connectivity index (χ3v) is 8.47. The predicted molar refractivity (Wildman–Crippen MR) is 161 cm³/mol. The number of nitrogens with zero attached hydrogens (tertiary/aromatic N) is 4. The van der Waals surface area contributed by atoms with Crippen molar-refractivity contribution in [1.29, 1.82) is 0 Å². The first-order valence-electron chi connectivity index (χ1n) is 13.0. The number of carbonyl (C=O) groups excluding carboxylic acids is 1. The van der Waals surface area contributed by atoms with Gasteiger partial charge in [0.1, 0.15) is 11.4 Å². The third-order valence-electron chi connectivity index (χ3n) is 6.41. The van der Waals surface area contributed by atoms with Crippen molar-refractivity contribution in [2.24, 2.45) is 0 Å². The van der Waals surface area contributed by atoms with E-state index in [2.05, 4.69) is 10.1 Å². The van der Waals surface area contributed by atoms with E-state index >= 15 is 0 Å². The number of rotatable bonds is 6. The molecule has 0 saturated heterocycles. The highest BCUT2D eigenvalue weighted by molar-refractivity contribution is 7.93. The molecule has 43 heavy (non-hydrogen) atoms. The average Bonchev–Trinajstić information content (AvgIpc) is 3.47. The van der Waals surface area contributed by atoms with Crippen LogP contribution < -0.4 is 14.6 Å². The maximum absolute atomic E-state index is 13.7. The molecule has 0 aliphatic heterocycles. The molecule has 2 aromatic heterocycles. The lowest BCUT2D eigenvalue weighted by molar-refractivity contribution is 0.0606. The summed E-state index contributed by atoms with van der Waals surface area (Å²) < 4.78 is 44.9. The average molecular weight is 623 g/mol. The van der Waals surface area contributed by atoms with E-state index in [1.165, 1.54) is 42.0 Å². The molecule has 0 spiro atoms. The maximum atomic E-state index is 13.7. The summed E-state index contributed by atoms with van der Waals surface area (Å²) in [6, 6.07) is 18.0. The Labute approximate surface area is 252 Å². The van der Waals surface area contributed by atoms with Gasteiger partial charge in [-0.1, -0.05) is 23.7 Å². The van der Waals surface area contributed by atoms with Gasteiger partial charge in [-0.15, -0.1) is 4.31 Å². The maximum Gasteiger partial charge on any atom is 0.431 e. The van der Waals surface area contributed by atoms with E-state index in [4.69, 9.17) is 25.6 Å². The molecule has 0 bridgehead atoms. The van der Waals surface area contributed by atoms with E-state index < -0.39 is 27.7 Å². The van der Waals surface area contributed by atoms with E-state index in [-0.39, 0.29) is 10.5 Å². The van der Waals surface area contributed by atoms with Gasteiger partial charge in [0.05, 0.1) is 23.2 Å². The number of halogens is 1. The molecule has 0 radical (unpaired) electrons. The van der Waals surface area contributed by atoms with Crippen molar-refractivity contribution in [3.63, 3.8) is 0 Å². The second kappa shape index (κ2) is 11.2. The lowest BCUT2D eigenvalue weighted by Crippen LogP contribution is -2.41. The van der Waals surface area contributed by atoms with Gasteiger partial charge in [0.15, 0.2) is 0 Å². The van der Waals surface area contributed by atoms with Crippen molar-refractivity contribution in [3.05, 3.63) is 94.1 Å². The van der Waals surface area contributed by atoms with E-state index in [9.17, 15) is 18.0 Å². The molecule has 0 aliphatic carbocycles. The Morgan fingerprint density at radius 2 is 1.72 bits per heavy atom. The molecular weight excluding hydrogens is 596 g/mol. The highest BCUT2D eigenvalue weighted by Crippen LogP contribution is 2.33. The summed E-state index contributed by atoms with van der Waals surface area (Å²) in [6.07, 6.45) is -0.312. The fourth-order valence-corrected chi connectivity index (χ4v) is 5.82. The zero-order chi connectivity index (χ0) is 31.1. The smallest absolute Gasteiger partial charge is 0.431 e. The minimum absolute atomic E-state index is 0.263. The normalized spacial score (nSPS) is 11.9. The lowest BCUT2D eigenvalue weighted by atomic mass is 10.0. The number of hydrogen-bond donors (Lipinski definition) is 0. The van der Waals surface area contributed by atoms with Gasteiger partial charge in [-0.2, -0.15) is 4.98 Å². The number of carbonyl (C=O) groups is 1. The molecule has 0 saturated carbocycles. The van der Waals surface area contributed by atoms with Crippen LogP contribution in [0.25, 0.3) is 27.7 Å². The van der Waals surface area contributed by atoms with Crippen LogP contribution in [0.15, 0.2) is 87.3 Å². The molecule has 3 aromatic carbocycles. The minimum Gasteiger partial charge on any atom is -0.495 e. The van der Waals surface area contributed by atoms with Gasteiger partial charge in [-0.3, -0.25) is 9.36 Å². The third kappa shape index (κ3) is 5.84. The molecule has 5 aromatic rings. The van der Waals surface area contributed by atoms with E-state index in [1.54, 1.807) is 26.8 Å². The largest absolute Gasteiger partial charge is 0.495 e. The molecule has 1 amide bonds. The van der Waals surface area contributed by atoms with Crippen LogP contribution in [0.4, 0.5) is 10.7 Å². The summed E-state index contributed by atoms with van der Waals surface area (Å²) in [4.78, 5) is 29.7. The van der Waals surface area contributed by atoms with Gasteiger partial charge in [0, 0.05) is 16.5 Å². The number of benzene rings is 3. The van der Waals surface area contributed by atoms with Crippen LogP contribution in [-0.2, 0) is 14.8 Å². The van der Waals surface area contributed by atoms with Crippen LogP contribution in [0.5, 0.6) is 5.75 Å². The van der Waals surface area contributed by atoms with E-state index in [0.717, 1.165) is 23.1 Å². The Balaban J connectivity index is 1.61. The summed E-state index contributed by atoms with van der Waals surface area (Å²) >= 11 is 6.19. The van der Waals surface area contributed by atoms with Crippen molar-refractivity contribution >= 4 is 44.6 Å². The number of ether oxygens (including phenoxy) is 2. The van der Waals surface area contributed by atoms with Crippen molar-refractivity contribution in [1.82, 2.24) is 14.7 Å². The summed E-state index contributed by atoms with van der Waals surface area (Å²) in [5.41, 5.74) is 2.18. The number of fused-ring (bicyclic) bond motifs is 1. The molecule has 222 valence electrons. The Hall–Kier alpha value is -4.68. The quantitative estimate of drug-likeness (QED) is 0.219. The molecular formula is C30H27ClN4O7S. The van der Waals surface area contributed by atoms with Gasteiger partial charge in [0.2, 0.25) is 6.39 Å². The molecule has 0 fully saturated rings. The van der Waals surface area contributed by atoms with E-state index in [0.29, 0.717) is 31.7 Å². The van der Waals surface area contributed by atoms with Crippen LogP contribution in [0, 0.1) is 6.92 Å². The second-order valence-electron chi connectivity index (χ2n) is 10.6. The Morgan fingerprint density at radius 1 is 1.00 bits per heavy atom. The molecule has 0 N–H and O–H groups in total. The number of hydrogen-bond acceptors (Lipinski definition) is 9. The predicted octanol–water partition coefficient (Wildman–Crippen LogP) is 6.14. The van der Waals surface area contributed by atoms with Crippen LogP contribution in [0.3, 0.4) is 0 Å².